The molecule has 0 heterocycles. The molecule has 98 valence electrons. The molecule has 0 aliphatic heterocycles. The van der Waals surface area contributed by atoms with E-state index in [0.717, 1.165) is 0 Å². The SMILES string of the molecule is O=C(Oc1ccccc1)S(=O)(=O)Oc1ccccc1. The van der Waals surface area contributed by atoms with Crippen LogP contribution in [0.4, 0.5) is 4.79 Å². The highest BCUT2D eigenvalue weighted by molar-refractivity contribution is 8.01. The molecule has 2 rings (SSSR count). The minimum atomic E-state index is -4.47. The first kappa shape index (κ1) is 13.1. The van der Waals surface area contributed by atoms with Gasteiger partial charge in [-0.2, -0.15) is 8.42 Å². The molecule has 0 amide bonds. The van der Waals surface area contributed by atoms with Gasteiger partial charge in [0.2, 0.25) is 0 Å². The van der Waals surface area contributed by atoms with E-state index in [2.05, 4.69) is 4.18 Å². The summed E-state index contributed by atoms with van der Waals surface area (Å²) in [6.45, 7) is 0. The molecular formula is C13H10O5S. The number of carbonyl (C=O) groups excluding carboxylic acids is 1. The van der Waals surface area contributed by atoms with Gasteiger partial charge in [-0.15, -0.1) is 0 Å². The van der Waals surface area contributed by atoms with Gasteiger partial charge >= 0.3 is 15.4 Å². The molecule has 0 unspecified atom stereocenters. The third kappa shape index (κ3) is 3.56. The molecule has 0 aliphatic rings. The summed E-state index contributed by atoms with van der Waals surface area (Å²) in [5.74, 6) is 0.181. The highest BCUT2D eigenvalue weighted by atomic mass is 32.2. The zero-order valence-corrected chi connectivity index (χ0v) is 10.5. The Morgan fingerprint density at radius 2 is 1.26 bits per heavy atom. The summed E-state index contributed by atoms with van der Waals surface area (Å²) in [7, 11) is -4.47. The van der Waals surface area contributed by atoms with Crippen LogP contribution in [0.15, 0.2) is 60.7 Å². The Kier molecular flexibility index (Phi) is 3.82. The van der Waals surface area contributed by atoms with Crippen LogP contribution in [0.5, 0.6) is 11.5 Å². The van der Waals surface area contributed by atoms with Gasteiger partial charge in [-0.3, -0.25) is 0 Å². The number of hydrogen-bond donors (Lipinski definition) is 0. The van der Waals surface area contributed by atoms with E-state index in [1.165, 1.54) is 24.3 Å². The molecule has 2 aromatic rings. The molecule has 0 aromatic heterocycles. The summed E-state index contributed by atoms with van der Waals surface area (Å²) in [6.07, 6.45) is 0. The number of benzene rings is 2. The zero-order chi connectivity index (χ0) is 13.7. The van der Waals surface area contributed by atoms with Crippen LogP contribution in [0.25, 0.3) is 0 Å². The van der Waals surface area contributed by atoms with E-state index in [4.69, 9.17) is 4.74 Å². The molecule has 0 radical (unpaired) electrons. The molecule has 0 saturated carbocycles. The van der Waals surface area contributed by atoms with Crippen LogP contribution in [0.1, 0.15) is 0 Å². The van der Waals surface area contributed by atoms with E-state index >= 15 is 0 Å². The molecule has 0 atom stereocenters. The van der Waals surface area contributed by atoms with Crippen molar-refractivity contribution in [3.05, 3.63) is 60.7 Å². The van der Waals surface area contributed by atoms with Gasteiger partial charge in [0.25, 0.3) is 0 Å². The molecule has 0 bridgehead atoms. The van der Waals surface area contributed by atoms with Crippen molar-refractivity contribution in [2.24, 2.45) is 0 Å². The molecule has 5 nitrogen and oxygen atoms in total. The van der Waals surface area contributed by atoms with Crippen LogP contribution < -0.4 is 8.92 Å². The summed E-state index contributed by atoms with van der Waals surface area (Å²) >= 11 is 0. The molecular weight excluding hydrogens is 268 g/mol. The number of hydrogen-bond acceptors (Lipinski definition) is 5. The van der Waals surface area contributed by atoms with Gasteiger partial charge in [0.15, 0.2) is 0 Å². The Hall–Kier alpha value is -2.34. The molecule has 6 heteroatoms. The fourth-order valence-corrected chi connectivity index (χ4v) is 1.90. The maximum Gasteiger partial charge on any atom is 0.469 e. The van der Waals surface area contributed by atoms with Gasteiger partial charge in [0.1, 0.15) is 11.5 Å². The van der Waals surface area contributed by atoms with Gasteiger partial charge < -0.3 is 8.92 Å². The van der Waals surface area contributed by atoms with Gasteiger partial charge in [0.05, 0.1) is 0 Å². The lowest BCUT2D eigenvalue weighted by Gasteiger charge is -2.06. The Morgan fingerprint density at radius 1 is 0.789 bits per heavy atom. The first-order valence-corrected chi connectivity index (χ1v) is 6.75. The largest absolute Gasteiger partial charge is 0.469 e. The van der Waals surface area contributed by atoms with Crippen molar-refractivity contribution in [1.82, 2.24) is 0 Å². The van der Waals surface area contributed by atoms with Gasteiger partial charge in [-0.1, -0.05) is 36.4 Å². The fraction of sp³-hybridized carbons (Fsp3) is 0. The van der Waals surface area contributed by atoms with Gasteiger partial charge in [-0.25, -0.2) is 4.79 Å². The molecule has 0 fully saturated rings. The van der Waals surface area contributed by atoms with Crippen molar-refractivity contribution < 1.29 is 22.1 Å². The quantitative estimate of drug-likeness (QED) is 0.637. The van der Waals surface area contributed by atoms with E-state index in [1.807, 2.05) is 0 Å². The normalized spacial score (nSPS) is 10.7. The Balaban J connectivity index is 2.10. The van der Waals surface area contributed by atoms with Crippen molar-refractivity contribution in [3.63, 3.8) is 0 Å². The second-order valence-electron chi connectivity index (χ2n) is 3.52. The molecule has 0 spiro atoms. The van der Waals surface area contributed by atoms with Gasteiger partial charge in [0, 0.05) is 0 Å². The smallest absolute Gasteiger partial charge is 0.412 e. The molecule has 2 aromatic carbocycles. The summed E-state index contributed by atoms with van der Waals surface area (Å²) in [5.41, 5.74) is 0. The number of rotatable bonds is 3. The third-order valence-corrected chi connectivity index (χ3v) is 3.00. The predicted octanol–water partition coefficient (Wildman–Crippen LogP) is 2.59. The topological polar surface area (TPSA) is 69.7 Å². The van der Waals surface area contributed by atoms with Crippen molar-refractivity contribution in [2.75, 3.05) is 0 Å². The van der Waals surface area contributed by atoms with E-state index < -0.39 is 15.4 Å². The van der Waals surface area contributed by atoms with Crippen LogP contribution in [-0.2, 0) is 10.1 Å². The summed E-state index contributed by atoms with van der Waals surface area (Å²) in [6, 6.07) is 15.6. The Bertz CT molecular complexity index is 650. The maximum absolute atomic E-state index is 11.6. The summed E-state index contributed by atoms with van der Waals surface area (Å²) < 4.78 is 32.5. The highest BCUT2D eigenvalue weighted by Gasteiger charge is 2.27. The monoisotopic (exact) mass is 278 g/mol. The van der Waals surface area contributed by atoms with Crippen molar-refractivity contribution in [1.29, 1.82) is 0 Å². The van der Waals surface area contributed by atoms with E-state index in [-0.39, 0.29) is 11.5 Å². The molecule has 0 saturated heterocycles. The minimum absolute atomic E-state index is 0.0486. The van der Waals surface area contributed by atoms with Crippen LogP contribution in [0.3, 0.4) is 0 Å². The van der Waals surface area contributed by atoms with Crippen molar-refractivity contribution in [3.8, 4) is 11.5 Å². The van der Waals surface area contributed by atoms with E-state index in [9.17, 15) is 13.2 Å². The number of para-hydroxylation sites is 2. The maximum atomic E-state index is 11.6. The zero-order valence-electron chi connectivity index (χ0n) is 9.72. The van der Waals surface area contributed by atoms with E-state index in [0.29, 0.717) is 0 Å². The second-order valence-corrected chi connectivity index (χ2v) is 4.92. The second kappa shape index (κ2) is 5.53. The standard InChI is InChI=1S/C13H10O5S/c14-13(17-11-7-3-1-4-8-11)19(15,16)18-12-9-5-2-6-10-12/h1-10H. The molecule has 0 aliphatic carbocycles. The van der Waals surface area contributed by atoms with Crippen molar-refractivity contribution >= 4 is 15.4 Å². The summed E-state index contributed by atoms with van der Waals surface area (Å²) in [4.78, 5) is 11.5. The first-order valence-electron chi connectivity index (χ1n) is 5.34. The Morgan fingerprint density at radius 3 is 1.79 bits per heavy atom. The third-order valence-electron chi connectivity index (χ3n) is 2.10. The van der Waals surface area contributed by atoms with Crippen LogP contribution in [-0.4, -0.2) is 13.7 Å². The average Bonchev–Trinajstić information content (AvgIpc) is 2.40. The van der Waals surface area contributed by atoms with Crippen molar-refractivity contribution in [2.45, 2.75) is 0 Å². The average molecular weight is 278 g/mol. The van der Waals surface area contributed by atoms with Crippen LogP contribution in [0, 0.1) is 0 Å². The summed E-state index contributed by atoms with van der Waals surface area (Å²) in [5, 5.41) is -1.46. The number of carbonyl (C=O) groups is 1. The minimum Gasteiger partial charge on any atom is -0.412 e. The van der Waals surface area contributed by atoms with Crippen LogP contribution >= 0.6 is 0 Å². The lowest BCUT2D eigenvalue weighted by Crippen LogP contribution is -2.24. The Labute approximate surface area is 110 Å². The predicted molar refractivity (Wildman–Crippen MR) is 68.5 cm³/mol. The molecule has 19 heavy (non-hydrogen) atoms. The van der Waals surface area contributed by atoms with Gasteiger partial charge in [-0.05, 0) is 24.3 Å². The van der Waals surface area contributed by atoms with Crippen LogP contribution in [0.2, 0.25) is 0 Å². The fourth-order valence-electron chi connectivity index (χ4n) is 1.27. The van der Waals surface area contributed by atoms with E-state index in [1.54, 1.807) is 36.4 Å². The first-order chi connectivity index (χ1) is 9.08. The molecule has 0 N–H and O–H groups in total. The number of ether oxygens (including phenoxy) is 1. The lowest BCUT2D eigenvalue weighted by molar-refractivity contribution is 0.221. The lowest BCUT2D eigenvalue weighted by atomic mass is 10.3. The highest BCUT2D eigenvalue weighted by Crippen LogP contribution is 2.15.